The minimum absolute atomic E-state index is 0.102. The summed E-state index contributed by atoms with van der Waals surface area (Å²) in [4.78, 5) is 10.5. The Morgan fingerprint density at radius 2 is 2.00 bits per heavy atom. The van der Waals surface area contributed by atoms with E-state index in [1.54, 1.807) is 0 Å². The molecule has 1 aromatic heterocycles. The highest BCUT2D eigenvalue weighted by molar-refractivity contribution is 7.99. The Balaban J connectivity index is 2.49. The van der Waals surface area contributed by atoms with Crippen molar-refractivity contribution >= 4 is 17.7 Å². The highest BCUT2D eigenvalue weighted by Crippen LogP contribution is 2.33. The molecule has 0 atom stereocenters. The molecule has 0 spiro atoms. The largest absolute Gasteiger partial charge is 0.481 e. The summed E-state index contributed by atoms with van der Waals surface area (Å²) in [6, 6.07) is 5.86. The van der Waals surface area contributed by atoms with Crippen LogP contribution in [0, 0.1) is 5.82 Å². The molecule has 1 N–H and O–H groups in total. The number of alkyl halides is 3. The van der Waals surface area contributed by atoms with E-state index in [4.69, 9.17) is 5.11 Å². The zero-order valence-electron chi connectivity index (χ0n) is 10.3. The zero-order chi connectivity index (χ0) is 15.6. The molecule has 2 rings (SSSR count). The number of halogens is 4. The van der Waals surface area contributed by atoms with Crippen molar-refractivity contribution in [3.8, 4) is 5.69 Å². The third-order valence-corrected chi connectivity index (χ3v) is 3.37. The summed E-state index contributed by atoms with van der Waals surface area (Å²) in [5.74, 6) is -2.42. The van der Waals surface area contributed by atoms with E-state index in [1.165, 1.54) is 18.2 Å². The molecular formula is C12H8F4N2O2S. The van der Waals surface area contributed by atoms with Gasteiger partial charge in [0.05, 0.1) is 5.75 Å². The zero-order valence-corrected chi connectivity index (χ0v) is 11.1. The average molecular weight is 320 g/mol. The second-order valence-electron chi connectivity index (χ2n) is 3.91. The fraction of sp³-hybridized carbons (Fsp3) is 0.167. The number of para-hydroxylation sites is 1. The second kappa shape index (κ2) is 5.76. The maximum absolute atomic E-state index is 13.7. The molecule has 0 amide bonds. The average Bonchev–Trinajstić information content (AvgIpc) is 2.80. The van der Waals surface area contributed by atoms with E-state index in [1.807, 2.05) is 0 Å². The van der Waals surface area contributed by atoms with Gasteiger partial charge in [-0.25, -0.2) is 9.07 Å². The fourth-order valence-electron chi connectivity index (χ4n) is 1.54. The van der Waals surface area contributed by atoms with Gasteiger partial charge in [-0.3, -0.25) is 4.79 Å². The lowest BCUT2D eigenvalue weighted by Crippen LogP contribution is -2.08. The number of carboxylic acids is 1. The van der Waals surface area contributed by atoms with Crippen LogP contribution >= 0.6 is 11.8 Å². The van der Waals surface area contributed by atoms with Gasteiger partial charge in [0.25, 0.3) is 0 Å². The minimum atomic E-state index is -4.70. The topological polar surface area (TPSA) is 55.1 Å². The van der Waals surface area contributed by atoms with Crippen LogP contribution in [0.2, 0.25) is 0 Å². The summed E-state index contributed by atoms with van der Waals surface area (Å²) in [5, 5.41) is 11.8. The molecule has 4 nitrogen and oxygen atoms in total. The van der Waals surface area contributed by atoms with Crippen LogP contribution in [0.25, 0.3) is 5.69 Å². The summed E-state index contributed by atoms with van der Waals surface area (Å²) >= 11 is 0.630. The smallest absolute Gasteiger partial charge is 0.435 e. The van der Waals surface area contributed by atoms with Crippen LogP contribution < -0.4 is 0 Å². The minimum Gasteiger partial charge on any atom is -0.481 e. The molecule has 0 saturated carbocycles. The van der Waals surface area contributed by atoms with Crippen molar-refractivity contribution in [2.75, 3.05) is 5.75 Å². The van der Waals surface area contributed by atoms with Crippen molar-refractivity contribution in [3.05, 3.63) is 41.8 Å². The number of hydrogen-bond acceptors (Lipinski definition) is 3. The molecule has 2 aromatic rings. The molecule has 9 heteroatoms. The van der Waals surface area contributed by atoms with Crippen molar-refractivity contribution in [1.29, 1.82) is 0 Å². The lowest BCUT2D eigenvalue weighted by atomic mass is 10.3. The molecule has 0 aliphatic rings. The predicted octanol–water partition coefficient (Wildman–Crippen LogP) is 3.21. The Morgan fingerprint density at radius 1 is 1.33 bits per heavy atom. The van der Waals surface area contributed by atoms with Crippen LogP contribution in [0.3, 0.4) is 0 Å². The maximum atomic E-state index is 13.7. The van der Waals surface area contributed by atoms with Gasteiger partial charge in [-0.05, 0) is 12.1 Å². The Bertz CT molecular complexity index is 670. The molecule has 1 aromatic carbocycles. The van der Waals surface area contributed by atoms with Gasteiger partial charge in [0.2, 0.25) is 0 Å². The molecule has 0 aliphatic carbocycles. The second-order valence-corrected chi connectivity index (χ2v) is 4.91. The molecule has 0 unspecified atom stereocenters. The van der Waals surface area contributed by atoms with Crippen LogP contribution in [0.5, 0.6) is 0 Å². The van der Waals surface area contributed by atoms with Crippen molar-refractivity contribution in [3.63, 3.8) is 0 Å². The number of benzene rings is 1. The number of aromatic nitrogens is 2. The molecular weight excluding hydrogens is 312 g/mol. The number of nitrogens with zero attached hydrogens (tertiary/aromatic N) is 2. The van der Waals surface area contributed by atoms with Gasteiger partial charge in [-0.2, -0.15) is 18.3 Å². The van der Waals surface area contributed by atoms with Gasteiger partial charge in [0.15, 0.2) is 5.69 Å². The van der Waals surface area contributed by atoms with Crippen LogP contribution in [0.1, 0.15) is 5.69 Å². The molecule has 0 saturated heterocycles. The van der Waals surface area contributed by atoms with E-state index in [-0.39, 0.29) is 10.7 Å². The number of carbonyl (C=O) groups is 1. The van der Waals surface area contributed by atoms with E-state index in [0.29, 0.717) is 17.8 Å². The lowest BCUT2D eigenvalue weighted by molar-refractivity contribution is -0.141. The van der Waals surface area contributed by atoms with Crippen molar-refractivity contribution in [2.24, 2.45) is 0 Å². The van der Waals surface area contributed by atoms with Crippen LogP contribution in [0.4, 0.5) is 17.6 Å². The quantitative estimate of drug-likeness (QED) is 0.694. The van der Waals surface area contributed by atoms with Gasteiger partial charge < -0.3 is 5.11 Å². The number of aliphatic carboxylic acids is 1. The number of carboxylic acid groups (broad SMARTS) is 1. The maximum Gasteiger partial charge on any atom is 0.435 e. The van der Waals surface area contributed by atoms with Crippen molar-refractivity contribution < 1.29 is 27.5 Å². The highest BCUT2D eigenvalue weighted by Gasteiger charge is 2.35. The SMILES string of the molecule is O=C(O)CSc1cc(C(F)(F)F)nn1-c1ccccc1F. The first-order chi connectivity index (χ1) is 9.79. The summed E-state index contributed by atoms with van der Waals surface area (Å²) in [6.07, 6.45) is -4.70. The molecule has 1 heterocycles. The van der Waals surface area contributed by atoms with Crippen LogP contribution in [0.15, 0.2) is 35.4 Å². The first-order valence-electron chi connectivity index (χ1n) is 5.56. The normalized spacial score (nSPS) is 11.6. The van der Waals surface area contributed by atoms with Crippen LogP contribution in [-0.2, 0) is 11.0 Å². The standard InChI is InChI=1S/C12H8F4N2O2S/c13-7-3-1-2-4-8(7)18-10(21-6-11(19)20)5-9(17-18)12(14,15)16/h1-5H,6H2,(H,19,20). The van der Waals surface area contributed by atoms with Gasteiger partial charge in [0.1, 0.15) is 16.5 Å². The summed E-state index contributed by atoms with van der Waals surface area (Å²) in [5.41, 5.74) is -1.39. The first kappa shape index (κ1) is 15.4. The molecule has 0 fully saturated rings. The Hall–Kier alpha value is -2.03. The van der Waals surface area contributed by atoms with Gasteiger partial charge in [0, 0.05) is 6.07 Å². The molecule has 0 bridgehead atoms. The Morgan fingerprint density at radius 3 is 2.57 bits per heavy atom. The summed E-state index contributed by atoms with van der Waals surface area (Å²) in [7, 11) is 0. The van der Waals surface area contributed by atoms with Gasteiger partial charge in [-0.15, -0.1) is 0 Å². The monoisotopic (exact) mass is 320 g/mol. The number of rotatable bonds is 4. The van der Waals surface area contributed by atoms with E-state index >= 15 is 0 Å². The fourth-order valence-corrected chi connectivity index (χ4v) is 2.26. The third-order valence-electron chi connectivity index (χ3n) is 2.39. The van der Waals surface area contributed by atoms with E-state index < -0.39 is 29.4 Å². The molecule has 0 radical (unpaired) electrons. The van der Waals surface area contributed by atoms with Crippen LogP contribution in [-0.4, -0.2) is 26.6 Å². The molecule has 21 heavy (non-hydrogen) atoms. The third kappa shape index (κ3) is 3.54. The predicted molar refractivity (Wildman–Crippen MR) is 66.9 cm³/mol. The van der Waals surface area contributed by atoms with E-state index in [9.17, 15) is 22.4 Å². The molecule has 112 valence electrons. The molecule has 0 aliphatic heterocycles. The van der Waals surface area contributed by atoms with Crippen molar-refractivity contribution in [1.82, 2.24) is 9.78 Å². The Kier molecular flexibility index (Phi) is 4.21. The van der Waals surface area contributed by atoms with E-state index in [2.05, 4.69) is 5.10 Å². The summed E-state index contributed by atoms with van der Waals surface area (Å²) < 4.78 is 52.6. The highest BCUT2D eigenvalue weighted by atomic mass is 32.2. The first-order valence-corrected chi connectivity index (χ1v) is 6.54. The van der Waals surface area contributed by atoms with Crippen molar-refractivity contribution in [2.45, 2.75) is 11.2 Å². The van der Waals surface area contributed by atoms with Gasteiger partial charge in [-0.1, -0.05) is 23.9 Å². The summed E-state index contributed by atoms with van der Waals surface area (Å²) in [6.45, 7) is 0. The number of thioether (sulfide) groups is 1. The Labute approximate surface area is 120 Å². The van der Waals surface area contributed by atoms with Gasteiger partial charge >= 0.3 is 12.1 Å². The van der Waals surface area contributed by atoms with E-state index in [0.717, 1.165) is 10.7 Å². The lowest BCUT2D eigenvalue weighted by Gasteiger charge is -2.07. The number of hydrogen-bond donors (Lipinski definition) is 1.